The Bertz CT molecular complexity index is 558. The minimum absolute atomic E-state index is 0.0719. The zero-order valence-corrected chi connectivity index (χ0v) is 10.5. The number of fused-ring (bicyclic) bond motifs is 1. The molecule has 2 heteroatoms. The van der Waals surface area contributed by atoms with E-state index in [0.29, 0.717) is 6.42 Å². The van der Waals surface area contributed by atoms with Crippen molar-refractivity contribution in [2.24, 2.45) is 5.92 Å². The fourth-order valence-electron chi connectivity index (χ4n) is 1.81. The number of aryl methyl sites for hydroxylation is 1. The molecule has 0 aliphatic heterocycles. The summed E-state index contributed by atoms with van der Waals surface area (Å²) in [7, 11) is 0. The van der Waals surface area contributed by atoms with Crippen molar-refractivity contribution >= 4 is 16.7 Å². The molecule has 1 heterocycles. The van der Waals surface area contributed by atoms with Gasteiger partial charge in [0.2, 0.25) is 0 Å². The van der Waals surface area contributed by atoms with E-state index in [1.54, 1.807) is 0 Å². The Balaban J connectivity index is 2.41. The third-order valence-electron chi connectivity index (χ3n) is 3.00. The predicted octanol–water partition coefficient (Wildman–Crippen LogP) is 3.31. The Kier molecular flexibility index (Phi) is 3.23. The van der Waals surface area contributed by atoms with Gasteiger partial charge in [0, 0.05) is 17.7 Å². The van der Waals surface area contributed by atoms with E-state index in [1.165, 1.54) is 0 Å². The molecule has 2 nitrogen and oxygen atoms in total. The van der Waals surface area contributed by atoms with Gasteiger partial charge in [-0.15, -0.1) is 0 Å². The summed E-state index contributed by atoms with van der Waals surface area (Å²) in [6.45, 7) is 5.87. The lowest BCUT2D eigenvalue weighted by Crippen LogP contribution is -2.12. The molecule has 2 rings (SSSR count). The van der Waals surface area contributed by atoms with Gasteiger partial charge in [0.05, 0.1) is 11.2 Å². The summed E-state index contributed by atoms with van der Waals surface area (Å²) in [5.41, 5.74) is 2.96. The first-order valence-corrected chi connectivity index (χ1v) is 5.96. The van der Waals surface area contributed by atoms with Crippen molar-refractivity contribution in [3.63, 3.8) is 0 Å². The number of para-hydroxylation sites is 1. The van der Waals surface area contributed by atoms with E-state index in [9.17, 15) is 4.79 Å². The zero-order valence-electron chi connectivity index (χ0n) is 10.5. The second-order valence-electron chi connectivity index (χ2n) is 4.74. The molecule has 0 aliphatic rings. The number of benzene rings is 1. The summed E-state index contributed by atoms with van der Waals surface area (Å²) in [6, 6.07) is 10.1. The van der Waals surface area contributed by atoms with Crippen molar-refractivity contribution in [2.45, 2.75) is 27.2 Å². The number of rotatable bonds is 3. The van der Waals surface area contributed by atoms with Crippen LogP contribution in [0.3, 0.4) is 0 Å². The van der Waals surface area contributed by atoms with E-state index in [4.69, 9.17) is 0 Å². The molecular formula is C15H17NO. The minimum Gasteiger partial charge on any atom is -0.299 e. The summed E-state index contributed by atoms with van der Waals surface area (Å²) in [6.07, 6.45) is 0.439. The van der Waals surface area contributed by atoms with Gasteiger partial charge >= 0.3 is 0 Å². The van der Waals surface area contributed by atoms with Crippen molar-refractivity contribution < 1.29 is 4.79 Å². The molecule has 0 amide bonds. The number of hydrogen-bond acceptors (Lipinski definition) is 2. The van der Waals surface area contributed by atoms with Crippen LogP contribution >= 0.6 is 0 Å². The lowest BCUT2D eigenvalue weighted by molar-refractivity contribution is -0.121. The van der Waals surface area contributed by atoms with E-state index in [2.05, 4.69) is 11.1 Å². The Labute approximate surface area is 102 Å². The third-order valence-corrected chi connectivity index (χ3v) is 3.00. The zero-order chi connectivity index (χ0) is 12.4. The van der Waals surface area contributed by atoms with Gasteiger partial charge < -0.3 is 0 Å². The highest BCUT2D eigenvalue weighted by atomic mass is 16.1. The molecule has 0 saturated heterocycles. The number of pyridine rings is 1. The van der Waals surface area contributed by atoms with E-state index < -0.39 is 0 Å². The Morgan fingerprint density at radius 3 is 2.71 bits per heavy atom. The maximum Gasteiger partial charge on any atom is 0.141 e. The first kappa shape index (κ1) is 11.8. The minimum atomic E-state index is 0.0719. The topological polar surface area (TPSA) is 30.0 Å². The van der Waals surface area contributed by atoms with Crippen molar-refractivity contribution in [3.05, 3.63) is 41.6 Å². The van der Waals surface area contributed by atoms with Gasteiger partial charge in [-0.1, -0.05) is 32.0 Å². The van der Waals surface area contributed by atoms with E-state index >= 15 is 0 Å². The van der Waals surface area contributed by atoms with Crippen LogP contribution in [0.25, 0.3) is 10.9 Å². The fourth-order valence-corrected chi connectivity index (χ4v) is 1.81. The van der Waals surface area contributed by atoms with Crippen molar-refractivity contribution in [2.75, 3.05) is 0 Å². The molecule has 1 aromatic heterocycles. The summed E-state index contributed by atoms with van der Waals surface area (Å²) in [5.74, 6) is 0.318. The third kappa shape index (κ3) is 2.52. The number of hydrogen-bond donors (Lipinski definition) is 0. The highest BCUT2D eigenvalue weighted by Crippen LogP contribution is 2.17. The molecule has 0 unspecified atom stereocenters. The maximum absolute atomic E-state index is 11.8. The predicted molar refractivity (Wildman–Crippen MR) is 70.0 cm³/mol. The first-order valence-electron chi connectivity index (χ1n) is 5.96. The molecule has 0 spiro atoms. The SMILES string of the molecule is Cc1cc2ccccc2nc1CC(=O)C(C)C. The molecule has 0 bridgehead atoms. The molecule has 0 fully saturated rings. The van der Waals surface area contributed by atoms with Gasteiger partial charge in [0.15, 0.2) is 0 Å². The molecule has 1 aromatic carbocycles. The average molecular weight is 227 g/mol. The Morgan fingerprint density at radius 2 is 2.00 bits per heavy atom. The first-order chi connectivity index (χ1) is 8.08. The van der Waals surface area contributed by atoms with Crippen LogP contribution in [-0.4, -0.2) is 10.8 Å². The largest absolute Gasteiger partial charge is 0.299 e. The van der Waals surface area contributed by atoms with E-state index in [0.717, 1.165) is 22.2 Å². The summed E-state index contributed by atoms with van der Waals surface area (Å²) >= 11 is 0. The van der Waals surface area contributed by atoms with Gasteiger partial charge in [-0.25, -0.2) is 0 Å². The molecule has 0 radical (unpaired) electrons. The second kappa shape index (κ2) is 4.66. The fraction of sp³-hybridized carbons (Fsp3) is 0.333. The number of aromatic nitrogens is 1. The normalized spacial score (nSPS) is 11.1. The molecule has 0 saturated carbocycles. The van der Waals surface area contributed by atoms with Gasteiger partial charge in [0.25, 0.3) is 0 Å². The van der Waals surface area contributed by atoms with E-state index in [-0.39, 0.29) is 11.7 Å². The molecular weight excluding hydrogens is 210 g/mol. The number of nitrogens with zero attached hydrogens (tertiary/aromatic N) is 1. The van der Waals surface area contributed by atoms with Crippen LogP contribution in [0.1, 0.15) is 25.1 Å². The summed E-state index contributed by atoms with van der Waals surface area (Å²) in [5, 5.41) is 1.13. The smallest absolute Gasteiger partial charge is 0.141 e. The van der Waals surface area contributed by atoms with Gasteiger partial charge in [-0.2, -0.15) is 0 Å². The quantitative estimate of drug-likeness (QED) is 0.805. The number of carbonyl (C=O) groups is 1. The summed E-state index contributed by atoms with van der Waals surface area (Å²) < 4.78 is 0. The van der Waals surface area contributed by atoms with Gasteiger partial charge in [0.1, 0.15) is 5.78 Å². The molecule has 0 N–H and O–H groups in total. The van der Waals surface area contributed by atoms with Crippen LogP contribution in [0.15, 0.2) is 30.3 Å². The summed E-state index contributed by atoms with van der Waals surface area (Å²) in [4.78, 5) is 16.3. The van der Waals surface area contributed by atoms with Crippen molar-refractivity contribution in [1.82, 2.24) is 4.98 Å². The highest BCUT2D eigenvalue weighted by Gasteiger charge is 2.11. The van der Waals surface area contributed by atoms with Crippen LogP contribution < -0.4 is 0 Å². The number of carbonyl (C=O) groups excluding carboxylic acids is 1. The van der Waals surface area contributed by atoms with Crippen molar-refractivity contribution in [1.29, 1.82) is 0 Å². The number of ketones is 1. The van der Waals surface area contributed by atoms with Crippen LogP contribution in [0.2, 0.25) is 0 Å². The lowest BCUT2D eigenvalue weighted by atomic mass is 10.0. The molecule has 0 aliphatic carbocycles. The highest BCUT2D eigenvalue weighted by molar-refractivity contribution is 5.84. The Morgan fingerprint density at radius 1 is 1.29 bits per heavy atom. The second-order valence-corrected chi connectivity index (χ2v) is 4.74. The van der Waals surface area contributed by atoms with Crippen LogP contribution in [0.4, 0.5) is 0 Å². The molecule has 17 heavy (non-hydrogen) atoms. The molecule has 2 aromatic rings. The van der Waals surface area contributed by atoms with Crippen LogP contribution in [0, 0.1) is 12.8 Å². The molecule has 88 valence electrons. The van der Waals surface area contributed by atoms with Crippen LogP contribution in [0.5, 0.6) is 0 Å². The monoisotopic (exact) mass is 227 g/mol. The maximum atomic E-state index is 11.8. The lowest BCUT2D eigenvalue weighted by Gasteiger charge is -2.08. The van der Waals surface area contributed by atoms with Crippen LogP contribution in [-0.2, 0) is 11.2 Å². The average Bonchev–Trinajstić information content (AvgIpc) is 2.29. The Hall–Kier alpha value is -1.70. The molecule has 0 atom stereocenters. The van der Waals surface area contributed by atoms with Gasteiger partial charge in [-0.3, -0.25) is 9.78 Å². The van der Waals surface area contributed by atoms with Gasteiger partial charge in [-0.05, 0) is 24.6 Å². The number of Topliss-reactive ketones (excluding diaryl/α,β-unsaturated/α-hetero) is 1. The standard InChI is InChI=1S/C15H17NO/c1-10(2)15(17)9-14-11(3)8-12-6-4-5-7-13(12)16-14/h4-8,10H,9H2,1-3H3. The van der Waals surface area contributed by atoms with Crippen molar-refractivity contribution in [3.8, 4) is 0 Å². The van der Waals surface area contributed by atoms with E-state index in [1.807, 2.05) is 45.0 Å².